The molecule has 220 valence electrons. The summed E-state index contributed by atoms with van der Waals surface area (Å²) in [6, 6.07) is 12.3. The molecule has 2 atom stereocenters. The predicted molar refractivity (Wildman–Crippen MR) is 158 cm³/mol. The van der Waals surface area contributed by atoms with Crippen molar-refractivity contribution in [2.45, 2.75) is 111 Å². The van der Waals surface area contributed by atoms with Gasteiger partial charge in [-0.15, -0.1) is 0 Å². The fourth-order valence-corrected chi connectivity index (χ4v) is 4.35. The number of phenols is 1. The van der Waals surface area contributed by atoms with Crippen LogP contribution in [-0.2, 0) is 20.7 Å². The Labute approximate surface area is 239 Å². The first kappa shape index (κ1) is 32.7. The molecule has 2 unspecified atom stereocenters. The van der Waals surface area contributed by atoms with Gasteiger partial charge < -0.3 is 25.4 Å². The Morgan fingerprint density at radius 1 is 0.925 bits per heavy atom. The molecule has 3 amide bonds. The lowest BCUT2D eigenvalue weighted by molar-refractivity contribution is -0.150. The average molecular weight is 554 g/mol. The van der Waals surface area contributed by atoms with Crippen molar-refractivity contribution in [3.63, 3.8) is 0 Å². The molecular formula is C32H47N3O5. The first-order valence-electron chi connectivity index (χ1n) is 13.8. The first-order valence-corrected chi connectivity index (χ1v) is 13.8. The number of nitrogens with one attached hydrogen (secondary N) is 2. The molecule has 0 aliphatic rings. The number of alkyl carbamates (subject to hydrolysis) is 1. The van der Waals surface area contributed by atoms with Gasteiger partial charge in [-0.1, -0.05) is 55.5 Å². The highest BCUT2D eigenvalue weighted by Crippen LogP contribution is 2.37. The van der Waals surface area contributed by atoms with Gasteiger partial charge in [0, 0.05) is 23.1 Å². The number of carbonyl (C=O) groups excluding carboxylic acids is 3. The van der Waals surface area contributed by atoms with Crippen LogP contribution in [-0.4, -0.2) is 50.6 Å². The van der Waals surface area contributed by atoms with E-state index in [4.69, 9.17) is 4.74 Å². The molecule has 2 aromatic carbocycles. The fraction of sp³-hybridized carbons (Fsp3) is 0.531. The van der Waals surface area contributed by atoms with Crippen molar-refractivity contribution in [3.05, 3.63) is 65.2 Å². The molecule has 0 saturated carbocycles. The van der Waals surface area contributed by atoms with E-state index >= 15 is 0 Å². The number of rotatable bonds is 9. The van der Waals surface area contributed by atoms with Crippen LogP contribution in [0, 0.1) is 6.92 Å². The van der Waals surface area contributed by atoms with E-state index in [2.05, 4.69) is 10.6 Å². The molecule has 0 heterocycles. The summed E-state index contributed by atoms with van der Waals surface area (Å²) in [5.41, 5.74) is -0.474. The zero-order chi connectivity index (χ0) is 30.5. The Morgan fingerprint density at radius 2 is 1.52 bits per heavy atom. The minimum atomic E-state index is -1.17. The van der Waals surface area contributed by atoms with Crippen molar-refractivity contribution in [2.75, 3.05) is 0 Å². The van der Waals surface area contributed by atoms with Crippen molar-refractivity contribution in [2.24, 2.45) is 0 Å². The lowest BCUT2D eigenvalue weighted by atomic mass is 9.90. The number of para-hydroxylation sites is 1. The summed E-state index contributed by atoms with van der Waals surface area (Å²) in [5, 5.41) is 16.9. The Morgan fingerprint density at radius 3 is 2.05 bits per heavy atom. The highest BCUT2D eigenvalue weighted by molar-refractivity contribution is 5.93. The molecule has 3 N–H and O–H groups in total. The van der Waals surface area contributed by atoms with Crippen LogP contribution in [0.5, 0.6) is 5.75 Å². The van der Waals surface area contributed by atoms with Gasteiger partial charge in [-0.3, -0.25) is 9.59 Å². The monoisotopic (exact) mass is 553 g/mol. The maximum atomic E-state index is 14.6. The molecule has 0 aliphatic heterocycles. The second-order valence-corrected chi connectivity index (χ2v) is 12.9. The number of ether oxygens (including phenoxy) is 1. The lowest BCUT2D eigenvalue weighted by Gasteiger charge is -2.45. The van der Waals surface area contributed by atoms with Crippen LogP contribution in [0.3, 0.4) is 0 Å². The Hall–Kier alpha value is -3.55. The van der Waals surface area contributed by atoms with E-state index in [1.54, 1.807) is 45.9 Å². The third kappa shape index (κ3) is 9.00. The summed E-state index contributed by atoms with van der Waals surface area (Å²) in [4.78, 5) is 43.1. The molecule has 0 saturated heterocycles. The summed E-state index contributed by atoms with van der Waals surface area (Å²) in [6.07, 6.45) is -0.0392. The van der Waals surface area contributed by atoms with Gasteiger partial charge in [0.05, 0.1) is 0 Å². The summed E-state index contributed by atoms with van der Waals surface area (Å²) < 4.78 is 5.50. The maximum Gasteiger partial charge on any atom is 0.408 e. The van der Waals surface area contributed by atoms with Crippen molar-refractivity contribution >= 4 is 17.9 Å². The van der Waals surface area contributed by atoms with Gasteiger partial charge >= 0.3 is 6.09 Å². The minimum absolute atomic E-state index is 0.0547. The first-order chi connectivity index (χ1) is 18.4. The molecule has 0 aromatic heterocycles. The van der Waals surface area contributed by atoms with Crippen molar-refractivity contribution in [3.8, 4) is 5.75 Å². The summed E-state index contributed by atoms with van der Waals surface area (Å²) in [7, 11) is 0. The number of phenolic OH excluding ortho intramolecular Hbond substituents is 1. The highest BCUT2D eigenvalue weighted by Gasteiger charge is 2.44. The zero-order valence-corrected chi connectivity index (χ0v) is 25.7. The van der Waals surface area contributed by atoms with Gasteiger partial charge in [-0.25, -0.2) is 4.79 Å². The maximum absolute atomic E-state index is 14.6. The Balaban J connectivity index is 2.73. The molecule has 0 fully saturated rings. The number of aromatic hydroxyl groups is 1. The van der Waals surface area contributed by atoms with E-state index in [0.717, 1.165) is 5.56 Å². The molecule has 2 aromatic rings. The summed E-state index contributed by atoms with van der Waals surface area (Å²) >= 11 is 0. The van der Waals surface area contributed by atoms with Gasteiger partial charge in [-0.05, 0) is 79.9 Å². The van der Waals surface area contributed by atoms with Gasteiger partial charge in [0.25, 0.3) is 0 Å². The Bertz CT molecular complexity index is 1180. The van der Waals surface area contributed by atoms with Crippen LogP contribution < -0.4 is 10.6 Å². The number of nitrogens with zero attached hydrogens (tertiary/aromatic N) is 1. The highest BCUT2D eigenvalue weighted by atomic mass is 16.6. The number of amides is 3. The SMILES string of the molecule is CCC(C)(C)N(C(=O)C(Cc1ccccc1)NC(=O)OC(C)(C)C)C(C(=O)NC(C)(C)C)c1cccc(C)c1O. The largest absolute Gasteiger partial charge is 0.507 e. The summed E-state index contributed by atoms with van der Waals surface area (Å²) in [5.74, 6) is -0.948. The second-order valence-electron chi connectivity index (χ2n) is 12.9. The van der Waals surface area contributed by atoms with Crippen molar-refractivity contribution in [1.82, 2.24) is 15.5 Å². The van der Waals surface area contributed by atoms with Crippen LogP contribution in [0.25, 0.3) is 0 Å². The second kappa shape index (κ2) is 12.7. The van der Waals surface area contributed by atoms with E-state index in [-0.39, 0.29) is 12.2 Å². The van der Waals surface area contributed by atoms with E-state index in [1.165, 1.54) is 4.90 Å². The van der Waals surface area contributed by atoms with Gasteiger partial charge in [0.1, 0.15) is 23.4 Å². The number of hydrogen-bond acceptors (Lipinski definition) is 5. The van der Waals surface area contributed by atoms with Gasteiger partial charge in [0.2, 0.25) is 11.8 Å². The number of benzene rings is 2. The van der Waals surface area contributed by atoms with Gasteiger partial charge in [0.15, 0.2) is 0 Å². The van der Waals surface area contributed by atoms with E-state index in [1.807, 2.05) is 71.9 Å². The molecule has 0 radical (unpaired) electrons. The fourth-order valence-electron chi connectivity index (χ4n) is 4.35. The van der Waals surface area contributed by atoms with E-state index in [0.29, 0.717) is 17.5 Å². The number of carbonyl (C=O) groups is 3. The third-order valence-electron chi connectivity index (χ3n) is 6.59. The van der Waals surface area contributed by atoms with Crippen molar-refractivity contribution < 1.29 is 24.2 Å². The standard InChI is InChI=1S/C32H47N3O5/c1-11-32(9,10)35(25(27(37)34-30(3,4)5)23-19-15-16-21(2)26(23)36)28(38)24(20-22-17-13-12-14-18-22)33-29(39)40-31(6,7)8/h12-19,24-25,36H,11,20H2,1-10H3,(H,33,39)(H,34,37). The quantitative estimate of drug-likeness (QED) is 0.363. The normalized spacial score (nSPS) is 13.7. The van der Waals surface area contributed by atoms with E-state index in [9.17, 15) is 19.5 Å². The summed E-state index contributed by atoms with van der Waals surface area (Å²) in [6.45, 7) is 18.3. The molecule has 8 heteroatoms. The predicted octanol–water partition coefficient (Wildman–Crippen LogP) is 5.81. The molecule has 0 aliphatic carbocycles. The number of hydrogen-bond donors (Lipinski definition) is 3. The van der Waals surface area contributed by atoms with Crippen molar-refractivity contribution in [1.29, 1.82) is 0 Å². The third-order valence-corrected chi connectivity index (χ3v) is 6.59. The van der Waals surface area contributed by atoms with Crippen LogP contribution in [0.2, 0.25) is 0 Å². The average Bonchev–Trinajstić information content (AvgIpc) is 2.82. The van der Waals surface area contributed by atoms with Crippen LogP contribution in [0.1, 0.15) is 91.5 Å². The molecule has 0 bridgehead atoms. The Kier molecular flexibility index (Phi) is 10.4. The van der Waals surface area contributed by atoms with E-state index < -0.39 is 46.7 Å². The zero-order valence-electron chi connectivity index (χ0n) is 25.7. The number of aryl methyl sites for hydroxylation is 1. The topological polar surface area (TPSA) is 108 Å². The van der Waals surface area contributed by atoms with Crippen LogP contribution >= 0.6 is 0 Å². The van der Waals surface area contributed by atoms with Crippen LogP contribution in [0.4, 0.5) is 4.79 Å². The smallest absolute Gasteiger partial charge is 0.408 e. The van der Waals surface area contributed by atoms with Crippen LogP contribution in [0.15, 0.2) is 48.5 Å². The van der Waals surface area contributed by atoms with Gasteiger partial charge in [-0.2, -0.15) is 0 Å². The molecule has 2 rings (SSSR count). The molecule has 0 spiro atoms. The molecular weight excluding hydrogens is 506 g/mol. The lowest BCUT2D eigenvalue weighted by Crippen LogP contribution is -2.60. The molecule has 40 heavy (non-hydrogen) atoms. The molecule has 8 nitrogen and oxygen atoms in total. The minimum Gasteiger partial charge on any atom is -0.507 e.